The Labute approximate surface area is 94.3 Å². The Kier molecular flexibility index (Phi) is 1.99. The lowest BCUT2D eigenvalue weighted by Gasteiger charge is -2.23. The Balaban J connectivity index is 2.02. The predicted molar refractivity (Wildman–Crippen MR) is 63.1 cm³/mol. The molecule has 0 saturated heterocycles. The summed E-state index contributed by atoms with van der Waals surface area (Å²) in [6, 6.07) is 8.70. The number of fused-ring (bicyclic) bond motifs is 3. The second-order valence-electron chi connectivity index (χ2n) is 4.46. The van der Waals surface area contributed by atoms with E-state index >= 15 is 0 Å². The van der Waals surface area contributed by atoms with E-state index in [4.69, 9.17) is 5.73 Å². The number of primary amides is 1. The fourth-order valence-electron chi connectivity index (χ4n) is 2.70. The zero-order valence-electron chi connectivity index (χ0n) is 8.94. The van der Waals surface area contributed by atoms with Crippen molar-refractivity contribution in [2.75, 3.05) is 5.32 Å². The van der Waals surface area contributed by atoms with Gasteiger partial charge in [-0.3, -0.25) is 4.79 Å². The Hall–Kier alpha value is -1.77. The first kappa shape index (κ1) is 9.46. The van der Waals surface area contributed by atoms with Crippen LogP contribution in [0, 0.1) is 0 Å². The Morgan fingerprint density at radius 2 is 2.19 bits per heavy atom. The van der Waals surface area contributed by atoms with Crippen molar-refractivity contribution in [3.8, 4) is 0 Å². The van der Waals surface area contributed by atoms with Crippen molar-refractivity contribution < 1.29 is 4.79 Å². The molecular weight excluding hydrogens is 200 g/mol. The zero-order chi connectivity index (χ0) is 11.1. The predicted octanol–water partition coefficient (Wildman–Crippen LogP) is 1.77. The van der Waals surface area contributed by atoms with Crippen LogP contribution in [0.2, 0.25) is 0 Å². The number of carbonyl (C=O) groups excluding carboxylic acids is 1. The van der Waals surface area contributed by atoms with Gasteiger partial charge in [0.05, 0.1) is 0 Å². The van der Waals surface area contributed by atoms with Crippen molar-refractivity contribution >= 4 is 11.6 Å². The van der Waals surface area contributed by atoms with E-state index in [-0.39, 0.29) is 5.91 Å². The molecule has 1 amide bonds. The third-order valence-electron chi connectivity index (χ3n) is 3.52. The van der Waals surface area contributed by atoms with Gasteiger partial charge < -0.3 is 11.1 Å². The van der Waals surface area contributed by atoms with Crippen LogP contribution < -0.4 is 11.1 Å². The molecule has 1 aliphatic heterocycles. The largest absolute Gasteiger partial charge is 0.381 e. The van der Waals surface area contributed by atoms with Crippen LogP contribution in [0.4, 0.5) is 5.69 Å². The molecule has 3 rings (SSSR count). The first-order valence-corrected chi connectivity index (χ1v) is 5.61. The molecule has 3 nitrogen and oxygen atoms in total. The van der Waals surface area contributed by atoms with Crippen molar-refractivity contribution in [3.05, 3.63) is 41.5 Å². The van der Waals surface area contributed by atoms with Gasteiger partial charge >= 0.3 is 0 Å². The van der Waals surface area contributed by atoms with Gasteiger partial charge in [0.15, 0.2) is 0 Å². The normalized spacial score (nSPS) is 26.4. The van der Waals surface area contributed by atoms with E-state index in [1.807, 2.05) is 18.2 Å². The standard InChI is InChI=1S/C13H14N2O/c14-13(16)8-5-6-12-10(7-8)9-3-1-2-4-11(9)15-12/h1-4,7,10,12,15H,5-6H2,(H2,14,16). The molecule has 0 saturated carbocycles. The van der Waals surface area contributed by atoms with Crippen LogP contribution in [0.15, 0.2) is 35.9 Å². The summed E-state index contributed by atoms with van der Waals surface area (Å²) in [5.41, 5.74) is 8.60. The molecule has 1 aliphatic carbocycles. The Morgan fingerprint density at radius 3 is 3.00 bits per heavy atom. The zero-order valence-corrected chi connectivity index (χ0v) is 8.94. The summed E-state index contributed by atoms with van der Waals surface area (Å²) < 4.78 is 0. The van der Waals surface area contributed by atoms with Crippen molar-refractivity contribution in [3.63, 3.8) is 0 Å². The Morgan fingerprint density at radius 1 is 1.38 bits per heavy atom. The molecule has 0 radical (unpaired) electrons. The van der Waals surface area contributed by atoms with Crippen molar-refractivity contribution in [1.29, 1.82) is 0 Å². The number of nitrogens with two attached hydrogens (primary N) is 1. The molecule has 1 heterocycles. The second-order valence-corrected chi connectivity index (χ2v) is 4.46. The molecule has 3 heteroatoms. The molecule has 0 aromatic heterocycles. The maximum Gasteiger partial charge on any atom is 0.244 e. The van der Waals surface area contributed by atoms with E-state index in [0.29, 0.717) is 12.0 Å². The number of anilines is 1. The number of carbonyl (C=O) groups is 1. The summed E-state index contributed by atoms with van der Waals surface area (Å²) in [7, 11) is 0. The summed E-state index contributed by atoms with van der Waals surface area (Å²) in [4.78, 5) is 11.2. The number of hydrogen-bond donors (Lipinski definition) is 2. The van der Waals surface area contributed by atoms with Gasteiger partial charge in [-0.15, -0.1) is 0 Å². The van der Waals surface area contributed by atoms with Crippen LogP contribution in [-0.4, -0.2) is 11.9 Å². The molecule has 2 unspecified atom stereocenters. The smallest absolute Gasteiger partial charge is 0.244 e. The van der Waals surface area contributed by atoms with E-state index < -0.39 is 0 Å². The highest BCUT2D eigenvalue weighted by atomic mass is 16.1. The molecule has 2 atom stereocenters. The average Bonchev–Trinajstić information content (AvgIpc) is 2.66. The summed E-state index contributed by atoms with van der Waals surface area (Å²) in [5.74, 6) is 0.0373. The third-order valence-corrected chi connectivity index (χ3v) is 3.52. The minimum Gasteiger partial charge on any atom is -0.381 e. The van der Waals surface area contributed by atoms with E-state index in [2.05, 4.69) is 17.4 Å². The highest BCUT2D eigenvalue weighted by Crippen LogP contribution is 2.42. The lowest BCUT2D eigenvalue weighted by Crippen LogP contribution is -2.26. The number of amides is 1. The number of nitrogens with one attached hydrogen (secondary N) is 1. The number of benzene rings is 1. The molecule has 0 fully saturated rings. The maximum absolute atomic E-state index is 11.2. The maximum atomic E-state index is 11.2. The van der Waals surface area contributed by atoms with Crippen molar-refractivity contribution in [2.24, 2.45) is 5.73 Å². The van der Waals surface area contributed by atoms with Crippen LogP contribution in [-0.2, 0) is 4.79 Å². The molecule has 16 heavy (non-hydrogen) atoms. The van der Waals surface area contributed by atoms with Gasteiger partial charge in [0.2, 0.25) is 5.91 Å². The van der Waals surface area contributed by atoms with Gasteiger partial charge in [-0.1, -0.05) is 24.3 Å². The first-order valence-electron chi connectivity index (χ1n) is 5.61. The molecule has 1 aromatic rings. The summed E-state index contributed by atoms with van der Waals surface area (Å²) in [5, 5.41) is 3.50. The van der Waals surface area contributed by atoms with Gasteiger partial charge in [0, 0.05) is 23.2 Å². The molecule has 2 aliphatic rings. The van der Waals surface area contributed by atoms with Crippen LogP contribution in [0.25, 0.3) is 0 Å². The fourth-order valence-corrected chi connectivity index (χ4v) is 2.70. The highest BCUT2D eigenvalue weighted by molar-refractivity contribution is 5.92. The lowest BCUT2D eigenvalue weighted by molar-refractivity contribution is -0.114. The van der Waals surface area contributed by atoms with Gasteiger partial charge in [-0.25, -0.2) is 0 Å². The van der Waals surface area contributed by atoms with Gasteiger partial charge in [0.1, 0.15) is 0 Å². The van der Waals surface area contributed by atoms with Crippen molar-refractivity contribution in [2.45, 2.75) is 24.8 Å². The van der Waals surface area contributed by atoms with E-state index in [1.165, 1.54) is 11.3 Å². The average molecular weight is 214 g/mol. The minimum atomic E-state index is -0.275. The SMILES string of the molecule is NC(=O)C1=CC2c3ccccc3NC2CC1. The molecule has 82 valence electrons. The summed E-state index contributed by atoms with van der Waals surface area (Å²) in [6.07, 6.45) is 3.81. The summed E-state index contributed by atoms with van der Waals surface area (Å²) >= 11 is 0. The lowest BCUT2D eigenvalue weighted by atomic mass is 9.84. The number of para-hydroxylation sites is 1. The van der Waals surface area contributed by atoms with Crippen LogP contribution in [0.1, 0.15) is 24.3 Å². The molecule has 1 aromatic carbocycles. The molecule has 0 spiro atoms. The van der Waals surface area contributed by atoms with Crippen molar-refractivity contribution in [1.82, 2.24) is 0 Å². The van der Waals surface area contributed by atoms with E-state index in [1.54, 1.807) is 0 Å². The molecular formula is C13H14N2O. The fraction of sp³-hybridized carbons (Fsp3) is 0.308. The van der Waals surface area contributed by atoms with E-state index in [9.17, 15) is 4.79 Å². The number of rotatable bonds is 1. The minimum absolute atomic E-state index is 0.275. The van der Waals surface area contributed by atoms with Crippen LogP contribution in [0.5, 0.6) is 0 Å². The highest BCUT2D eigenvalue weighted by Gasteiger charge is 2.33. The molecule has 0 bridgehead atoms. The second kappa shape index (κ2) is 3.37. The summed E-state index contributed by atoms with van der Waals surface area (Å²) in [6.45, 7) is 0. The van der Waals surface area contributed by atoms with Gasteiger partial charge in [-0.05, 0) is 24.5 Å². The Bertz CT molecular complexity index is 479. The van der Waals surface area contributed by atoms with E-state index in [0.717, 1.165) is 18.4 Å². The monoisotopic (exact) mass is 214 g/mol. The van der Waals surface area contributed by atoms with Crippen LogP contribution >= 0.6 is 0 Å². The topological polar surface area (TPSA) is 55.1 Å². The van der Waals surface area contributed by atoms with Gasteiger partial charge in [-0.2, -0.15) is 0 Å². The molecule has 3 N–H and O–H groups in total. The van der Waals surface area contributed by atoms with Crippen LogP contribution in [0.3, 0.4) is 0 Å². The van der Waals surface area contributed by atoms with Gasteiger partial charge in [0.25, 0.3) is 0 Å². The number of hydrogen-bond acceptors (Lipinski definition) is 2. The first-order chi connectivity index (χ1) is 7.75. The third kappa shape index (κ3) is 1.32. The quantitative estimate of drug-likeness (QED) is 0.748.